The first-order chi connectivity index (χ1) is 14.8. The lowest BCUT2D eigenvalue weighted by Gasteiger charge is -2.06. The van der Waals surface area contributed by atoms with E-state index in [2.05, 4.69) is 31.4 Å². The van der Waals surface area contributed by atoms with Crippen LogP contribution in [0.15, 0.2) is 51.5 Å². The van der Waals surface area contributed by atoms with Crippen LogP contribution < -0.4 is 5.32 Å². The Kier molecular flexibility index (Phi) is 5.97. The number of amides is 1. The zero-order chi connectivity index (χ0) is 22.1. The molecule has 0 bridgehead atoms. The van der Waals surface area contributed by atoms with Crippen LogP contribution in [-0.2, 0) is 13.1 Å². The molecule has 0 fully saturated rings. The summed E-state index contributed by atoms with van der Waals surface area (Å²) in [6, 6.07) is 9.79. The highest BCUT2D eigenvalue weighted by atomic mass is 79.9. The zero-order valence-corrected chi connectivity index (χ0v) is 19.0. The molecule has 7 nitrogen and oxygen atoms in total. The zero-order valence-electron chi connectivity index (χ0n) is 16.7. The van der Waals surface area contributed by atoms with E-state index in [0.29, 0.717) is 27.4 Å². The Morgan fingerprint density at radius 2 is 2.03 bits per heavy atom. The third kappa shape index (κ3) is 4.72. The molecule has 31 heavy (non-hydrogen) atoms. The number of rotatable bonds is 6. The molecule has 1 aromatic carbocycles. The average molecular weight is 507 g/mol. The van der Waals surface area contributed by atoms with Gasteiger partial charge in [-0.05, 0) is 60.1 Å². The summed E-state index contributed by atoms with van der Waals surface area (Å²) >= 11 is 9.44. The lowest BCUT2D eigenvalue weighted by atomic mass is 10.2. The summed E-state index contributed by atoms with van der Waals surface area (Å²) in [7, 11) is 0. The molecule has 10 heteroatoms. The summed E-state index contributed by atoms with van der Waals surface area (Å²) in [5.41, 5.74) is 2.24. The molecule has 0 aliphatic carbocycles. The summed E-state index contributed by atoms with van der Waals surface area (Å²) in [5, 5.41) is 11.7. The molecule has 3 heterocycles. The highest BCUT2D eigenvalue weighted by molar-refractivity contribution is 9.10. The first-order valence-corrected chi connectivity index (χ1v) is 10.5. The summed E-state index contributed by atoms with van der Waals surface area (Å²) in [4.78, 5) is 12.6. The first kappa shape index (κ1) is 21.3. The molecule has 0 aliphatic rings. The number of hydrogen-bond donors (Lipinski definition) is 1. The fourth-order valence-corrected chi connectivity index (χ4v) is 3.78. The molecule has 4 rings (SSSR count). The van der Waals surface area contributed by atoms with Crippen molar-refractivity contribution in [2.75, 3.05) is 5.32 Å². The van der Waals surface area contributed by atoms with Gasteiger partial charge in [0.05, 0.1) is 23.3 Å². The Hall–Kier alpha value is -2.91. The molecule has 0 saturated heterocycles. The minimum absolute atomic E-state index is 0.119. The second kappa shape index (κ2) is 8.68. The number of aromatic nitrogens is 4. The second-order valence-electron chi connectivity index (χ2n) is 7.03. The average Bonchev–Trinajstić information content (AvgIpc) is 3.39. The Bertz CT molecular complexity index is 1240. The molecule has 0 radical (unpaired) electrons. The maximum atomic E-state index is 14.0. The van der Waals surface area contributed by atoms with Crippen LogP contribution in [0.3, 0.4) is 0 Å². The summed E-state index contributed by atoms with van der Waals surface area (Å²) in [5.74, 6) is 0.171. The number of hydrogen-bond acceptors (Lipinski definition) is 4. The SMILES string of the molecule is Cc1cc(C)n(Cc2ccc(C(=O)Nc3nn(Cc4c(F)cccc4Cl)cc3Br)o2)n1. The van der Waals surface area contributed by atoms with E-state index in [1.165, 1.54) is 16.8 Å². The lowest BCUT2D eigenvalue weighted by molar-refractivity contribution is 0.0994. The number of benzene rings is 1. The van der Waals surface area contributed by atoms with E-state index in [1.54, 1.807) is 24.4 Å². The number of halogens is 3. The van der Waals surface area contributed by atoms with E-state index in [0.717, 1.165) is 11.4 Å². The first-order valence-electron chi connectivity index (χ1n) is 9.37. The normalized spacial score (nSPS) is 11.1. The van der Waals surface area contributed by atoms with Crippen molar-refractivity contribution in [1.82, 2.24) is 19.6 Å². The third-order valence-electron chi connectivity index (χ3n) is 4.63. The van der Waals surface area contributed by atoms with Crippen LogP contribution in [0.1, 0.15) is 33.3 Å². The van der Waals surface area contributed by atoms with Gasteiger partial charge in [0.15, 0.2) is 11.6 Å². The topological polar surface area (TPSA) is 77.9 Å². The molecule has 1 N–H and O–H groups in total. The fraction of sp³-hybridized carbons (Fsp3) is 0.190. The Balaban J connectivity index is 1.46. The standard InChI is InChI=1S/C21H18BrClFN5O2/c1-12-8-13(2)29(26-12)9-14-6-7-19(31-14)21(30)25-20-16(22)11-28(27-20)10-15-17(23)4-3-5-18(15)24/h3-8,11H,9-10H2,1-2H3,(H,25,27,30). The van der Waals surface area contributed by atoms with Gasteiger partial charge in [-0.3, -0.25) is 14.2 Å². The van der Waals surface area contributed by atoms with Crippen molar-refractivity contribution in [2.24, 2.45) is 0 Å². The van der Waals surface area contributed by atoms with Crippen LogP contribution in [0.4, 0.5) is 10.2 Å². The van der Waals surface area contributed by atoms with Crippen molar-refractivity contribution in [3.8, 4) is 0 Å². The van der Waals surface area contributed by atoms with Crippen LogP contribution in [0.5, 0.6) is 0 Å². The summed E-state index contributed by atoms with van der Waals surface area (Å²) < 4.78 is 23.5. The van der Waals surface area contributed by atoms with Gasteiger partial charge in [-0.25, -0.2) is 4.39 Å². The van der Waals surface area contributed by atoms with Crippen LogP contribution in [-0.4, -0.2) is 25.5 Å². The van der Waals surface area contributed by atoms with Crippen molar-refractivity contribution in [2.45, 2.75) is 26.9 Å². The van der Waals surface area contributed by atoms with Gasteiger partial charge < -0.3 is 9.73 Å². The lowest BCUT2D eigenvalue weighted by Crippen LogP contribution is -2.12. The molecule has 1 amide bonds. The quantitative estimate of drug-likeness (QED) is 0.390. The minimum atomic E-state index is -0.450. The Morgan fingerprint density at radius 1 is 1.23 bits per heavy atom. The van der Waals surface area contributed by atoms with Crippen molar-refractivity contribution >= 4 is 39.3 Å². The molecule has 4 aromatic rings. The highest BCUT2D eigenvalue weighted by Crippen LogP contribution is 2.24. The number of nitrogens with one attached hydrogen (secondary N) is 1. The molecule has 0 saturated carbocycles. The number of carbonyl (C=O) groups excluding carboxylic acids is 1. The van der Waals surface area contributed by atoms with E-state index in [9.17, 15) is 9.18 Å². The maximum Gasteiger partial charge on any atom is 0.292 e. The molecule has 0 aliphatic heterocycles. The number of carbonyl (C=O) groups is 1. The molecule has 3 aromatic heterocycles. The van der Waals surface area contributed by atoms with Gasteiger partial charge in [-0.15, -0.1) is 0 Å². The molecule has 160 valence electrons. The molecule has 0 unspecified atom stereocenters. The van der Waals surface area contributed by atoms with E-state index >= 15 is 0 Å². The van der Waals surface area contributed by atoms with Crippen molar-refractivity contribution in [1.29, 1.82) is 0 Å². The maximum absolute atomic E-state index is 14.0. The van der Waals surface area contributed by atoms with Crippen LogP contribution >= 0.6 is 27.5 Å². The smallest absolute Gasteiger partial charge is 0.292 e. The fourth-order valence-electron chi connectivity index (χ4n) is 3.14. The van der Waals surface area contributed by atoms with Gasteiger partial charge >= 0.3 is 0 Å². The Morgan fingerprint density at radius 3 is 2.74 bits per heavy atom. The number of furan rings is 1. The molecular weight excluding hydrogens is 489 g/mol. The van der Waals surface area contributed by atoms with Crippen molar-refractivity contribution < 1.29 is 13.6 Å². The van der Waals surface area contributed by atoms with Crippen LogP contribution in [0.25, 0.3) is 0 Å². The van der Waals surface area contributed by atoms with Crippen molar-refractivity contribution in [3.05, 3.63) is 86.4 Å². The third-order valence-corrected chi connectivity index (χ3v) is 5.56. The Labute approximate surface area is 190 Å². The van der Waals surface area contributed by atoms with Crippen molar-refractivity contribution in [3.63, 3.8) is 0 Å². The monoisotopic (exact) mass is 505 g/mol. The predicted molar refractivity (Wildman–Crippen MR) is 118 cm³/mol. The van der Waals surface area contributed by atoms with Gasteiger partial charge in [0, 0.05) is 22.5 Å². The number of aryl methyl sites for hydroxylation is 2. The van der Waals surface area contributed by atoms with Gasteiger partial charge in [-0.2, -0.15) is 10.2 Å². The largest absolute Gasteiger partial charge is 0.454 e. The highest BCUT2D eigenvalue weighted by Gasteiger charge is 2.17. The minimum Gasteiger partial charge on any atom is -0.454 e. The van der Waals surface area contributed by atoms with E-state index < -0.39 is 11.7 Å². The van der Waals surface area contributed by atoms with E-state index in [4.69, 9.17) is 16.0 Å². The second-order valence-corrected chi connectivity index (χ2v) is 8.29. The summed E-state index contributed by atoms with van der Waals surface area (Å²) in [6.07, 6.45) is 1.63. The molecule has 0 atom stereocenters. The summed E-state index contributed by atoms with van der Waals surface area (Å²) in [6.45, 7) is 4.42. The number of nitrogens with zero attached hydrogens (tertiary/aromatic N) is 4. The molecular formula is C21H18BrClFN5O2. The van der Waals surface area contributed by atoms with Gasteiger partial charge in [0.25, 0.3) is 5.91 Å². The van der Waals surface area contributed by atoms with E-state index in [1.807, 2.05) is 24.6 Å². The predicted octanol–water partition coefficient (Wildman–Crippen LogP) is 5.19. The van der Waals surface area contributed by atoms with Crippen LogP contribution in [0, 0.1) is 19.7 Å². The number of anilines is 1. The van der Waals surface area contributed by atoms with Gasteiger partial charge in [0.2, 0.25) is 0 Å². The van der Waals surface area contributed by atoms with Gasteiger partial charge in [-0.1, -0.05) is 17.7 Å². The van der Waals surface area contributed by atoms with E-state index in [-0.39, 0.29) is 18.1 Å². The van der Waals surface area contributed by atoms with Gasteiger partial charge in [0.1, 0.15) is 11.6 Å². The molecule has 0 spiro atoms. The van der Waals surface area contributed by atoms with Crippen LogP contribution in [0.2, 0.25) is 5.02 Å².